The van der Waals surface area contributed by atoms with Crippen LogP contribution in [0.2, 0.25) is 0 Å². The zero-order valence-corrected chi connectivity index (χ0v) is 15.7. The molecular formula is C20H19BrN2O2. The molecule has 1 N–H and O–H groups in total. The summed E-state index contributed by atoms with van der Waals surface area (Å²) in [4.78, 5) is 12.2. The molecule has 0 bridgehead atoms. The number of hydrogen-bond donors (Lipinski definition) is 1. The fourth-order valence-corrected chi connectivity index (χ4v) is 2.23. The van der Waals surface area contributed by atoms with Gasteiger partial charge in [0.1, 0.15) is 17.4 Å². The number of halogens is 1. The average molecular weight is 399 g/mol. The van der Waals surface area contributed by atoms with E-state index in [1.165, 1.54) is 0 Å². The molecule has 0 radical (unpaired) electrons. The molecule has 0 aliphatic rings. The zero-order chi connectivity index (χ0) is 18.2. The van der Waals surface area contributed by atoms with E-state index >= 15 is 0 Å². The third-order valence-electron chi connectivity index (χ3n) is 3.24. The second-order valence-electron chi connectivity index (χ2n) is 5.90. The monoisotopic (exact) mass is 398 g/mol. The summed E-state index contributed by atoms with van der Waals surface area (Å²) in [5, 5.41) is 12.0. The van der Waals surface area contributed by atoms with E-state index in [-0.39, 0.29) is 5.57 Å². The van der Waals surface area contributed by atoms with Crippen LogP contribution in [0.4, 0.5) is 5.69 Å². The molecule has 1 amide bonds. The second-order valence-corrected chi connectivity index (χ2v) is 6.82. The van der Waals surface area contributed by atoms with E-state index in [0.717, 1.165) is 15.8 Å². The van der Waals surface area contributed by atoms with Crippen molar-refractivity contribution in [3.8, 4) is 11.8 Å². The highest BCUT2D eigenvalue weighted by Crippen LogP contribution is 2.17. The lowest BCUT2D eigenvalue weighted by atomic mass is 10.1. The summed E-state index contributed by atoms with van der Waals surface area (Å²) in [7, 11) is 0. The Hall–Kier alpha value is -2.58. The van der Waals surface area contributed by atoms with E-state index in [0.29, 0.717) is 18.2 Å². The minimum absolute atomic E-state index is 0.0405. The first kappa shape index (κ1) is 18.8. The summed E-state index contributed by atoms with van der Waals surface area (Å²) in [6.45, 7) is 4.81. The molecule has 2 rings (SSSR count). The molecule has 128 valence electrons. The lowest BCUT2D eigenvalue weighted by molar-refractivity contribution is -0.112. The summed E-state index contributed by atoms with van der Waals surface area (Å²) in [6.07, 6.45) is 1.56. The van der Waals surface area contributed by atoms with Crippen LogP contribution in [-0.2, 0) is 4.79 Å². The van der Waals surface area contributed by atoms with E-state index < -0.39 is 5.91 Å². The molecule has 4 nitrogen and oxygen atoms in total. The number of hydrogen-bond acceptors (Lipinski definition) is 3. The van der Waals surface area contributed by atoms with Crippen LogP contribution in [-0.4, -0.2) is 12.5 Å². The first-order valence-corrected chi connectivity index (χ1v) is 8.69. The Morgan fingerprint density at radius 2 is 1.84 bits per heavy atom. The topological polar surface area (TPSA) is 62.1 Å². The van der Waals surface area contributed by atoms with Gasteiger partial charge in [-0.3, -0.25) is 4.79 Å². The number of nitrogens with one attached hydrogen (secondary N) is 1. The van der Waals surface area contributed by atoms with Crippen LogP contribution in [0.25, 0.3) is 6.08 Å². The molecule has 0 unspecified atom stereocenters. The van der Waals surface area contributed by atoms with Crippen molar-refractivity contribution in [2.24, 2.45) is 5.92 Å². The molecule has 0 aromatic heterocycles. The SMILES string of the molecule is CC(C)COc1ccc(/C=C(/C#N)C(=O)Nc2ccc(Br)cc2)cc1. The quantitative estimate of drug-likeness (QED) is 0.548. The standard InChI is InChI=1S/C20H19BrN2O2/c1-14(2)13-25-19-9-3-15(4-10-19)11-16(12-22)20(24)23-18-7-5-17(21)6-8-18/h3-11,14H,13H2,1-2H3,(H,23,24)/b16-11-. The van der Waals surface area contributed by atoms with E-state index in [1.54, 1.807) is 18.2 Å². The number of nitrogens with zero attached hydrogens (tertiary/aromatic N) is 1. The third-order valence-corrected chi connectivity index (χ3v) is 3.77. The Balaban J connectivity index is 2.07. The fraction of sp³-hybridized carbons (Fsp3) is 0.200. The molecular weight excluding hydrogens is 380 g/mol. The average Bonchev–Trinajstić information content (AvgIpc) is 2.60. The third kappa shape index (κ3) is 6.09. The van der Waals surface area contributed by atoms with Gasteiger partial charge in [-0.1, -0.05) is 41.9 Å². The summed E-state index contributed by atoms with van der Waals surface area (Å²) >= 11 is 3.34. The van der Waals surface area contributed by atoms with Gasteiger partial charge in [0.05, 0.1) is 6.61 Å². The predicted octanol–water partition coefficient (Wildman–Crippen LogP) is 5.03. The van der Waals surface area contributed by atoms with Crippen LogP contribution in [0.5, 0.6) is 5.75 Å². The molecule has 0 saturated heterocycles. The van der Waals surface area contributed by atoms with Gasteiger partial charge in [0.2, 0.25) is 0 Å². The molecule has 5 heteroatoms. The number of ether oxygens (including phenoxy) is 1. The van der Waals surface area contributed by atoms with Crippen LogP contribution in [0.3, 0.4) is 0 Å². The highest BCUT2D eigenvalue weighted by atomic mass is 79.9. The van der Waals surface area contributed by atoms with Gasteiger partial charge in [-0.15, -0.1) is 0 Å². The highest BCUT2D eigenvalue weighted by molar-refractivity contribution is 9.10. The predicted molar refractivity (Wildman–Crippen MR) is 103 cm³/mol. The minimum Gasteiger partial charge on any atom is -0.493 e. The lowest BCUT2D eigenvalue weighted by Gasteiger charge is -2.08. The van der Waals surface area contributed by atoms with Gasteiger partial charge < -0.3 is 10.1 Å². The molecule has 0 aliphatic carbocycles. The van der Waals surface area contributed by atoms with Crippen molar-refractivity contribution < 1.29 is 9.53 Å². The number of carbonyl (C=O) groups is 1. The summed E-state index contributed by atoms with van der Waals surface area (Å²) in [6, 6.07) is 16.4. The molecule has 2 aromatic rings. The maximum Gasteiger partial charge on any atom is 0.266 e. The van der Waals surface area contributed by atoms with Gasteiger partial charge in [-0.25, -0.2) is 0 Å². The number of amides is 1. The molecule has 0 saturated carbocycles. The Bertz CT molecular complexity index is 788. The number of nitriles is 1. The summed E-state index contributed by atoms with van der Waals surface area (Å²) in [5.41, 5.74) is 1.44. The van der Waals surface area contributed by atoms with Gasteiger partial charge in [0.25, 0.3) is 5.91 Å². The van der Waals surface area contributed by atoms with Crippen molar-refractivity contribution in [3.05, 3.63) is 64.1 Å². The van der Waals surface area contributed by atoms with E-state index in [2.05, 4.69) is 35.1 Å². The lowest BCUT2D eigenvalue weighted by Crippen LogP contribution is -2.13. The Morgan fingerprint density at radius 1 is 1.20 bits per heavy atom. The van der Waals surface area contributed by atoms with Crippen molar-refractivity contribution in [2.75, 3.05) is 11.9 Å². The molecule has 0 atom stereocenters. The zero-order valence-electron chi connectivity index (χ0n) is 14.1. The smallest absolute Gasteiger partial charge is 0.266 e. The van der Waals surface area contributed by atoms with Crippen molar-refractivity contribution >= 4 is 33.6 Å². The fourth-order valence-electron chi connectivity index (χ4n) is 1.97. The number of rotatable bonds is 6. The van der Waals surface area contributed by atoms with Crippen molar-refractivity contribution in [1.29, 1.82) is 5.26 Å². The largest absolute Gasteiger partial charge is 0.493 e. The summed E-state index contributed by atoms with van der Waals surface area (Å²) in [5.74, 6) is 0.778. The minimum atomic E-state index is -0.440. The number of benzene rings is 2. The van der Waals surface area contributed by atoms with E-state index in [1.807, 2.05) is 42.5 Å². The van der Waals surface area contributed by atoms with E-state index in [4.69, 9.17) is 4.74 Å². The molecule has 25 heavy (non-hydrogen) atoms. The number of anilines is 1. The Labute approximate surface area is 156 Å². The van der Waals surface area contributed by atoms with Crippen molar-refractivity contribution in [2.45, 2.75) is 13.8 Å². The highest BCUT2D eigenvalue weighted by Gasteiger charge is 2.09. The maximum absolute atomic E-state index is 12.2. The van der Waals surface area contributed by atoms with Crippen LogP contribution >= 0.6 is 15.9 Å². The molecule has 0 fully saturated rings. The normalized spacial score (nSPS) is 11.1. The Kier molecular flexibility index (Phi) is 6.79. The van der Waals surface area contributed by atoms with Crippen LogP contribution in [0.15, 0.2) is 58.6 Å². The molecule has 0 heterocycles. The van der Waals surface area contributed by atoms with Crippen molar-refractivity contribution in [3.63, 3.8) is 0 Å². The first-order valence-electron chi connectivity index (χ1n) is 7.89. The van der Waals surface area contributed by atoms with Gasteiger partial charge in [-0.2, -0.15) is 5.26 Å². The van der Waals surface area contributed by atoms with Gasteiger partial charge in [-0.05, 0) is 54.0 Å². The van der Waals surface area contributed by atoms with Crippen LogP contribution < -0.4 is 10.1 Å². The molecule has 2 aromatic carbocycles. The number of carbonyl (C=O) groups excluding carboxylic acids is 1. The van der Waals surface area contributed by atoms with Crippen LogP contribution in [0, 0.1) is 17.2 Å². The second kappa shape index (κ2) is 9.05. The van der Waals surface area contributed by atoms with E-state index in [9.17, 15) is 10.1 Å². The molecule has 0 spiro atoms. The van der Waals surface area contributed by atoms with Gasteiger partial charge in [0.15, 0.2) is 0 Å². The Morgan fingerprint density at radius 3 is 2.40 bits per heavy atom. The van der Waals surface area contributed by atoms with Crippen molar-refractivity contribution in [1.82, 2.24) is 0 Å². The first-order chi connectivity index (χ1) is 12.0. The summed E-state index contributed by atoms with van der Waals surface area (Å²) < 4.78 is 6.54. The van der Waals surface area contributed by atoms with Gasteiger partial charge in [0, 0.05) is 10.2 Å². The van der Waals surface area contributed by atoms with Crippen LogP contribution in [0.1, 0.15) is 19.4 Å². The molecule has 0 aliphatic heterocycles. The van der Waals surface area contributed by atoms with Gasteiger partial charge >= 0.3 is 0 Å². The maximum atomic E-state index is 12.2.